The van der Waals surface area contributed by atoms with Crippen molar-refractivity contribution >= 4 is 140 Å². The third-order valence-electron chi connectivity index (χ3n) is 13.4. The maximum Gasteiger partial charge on any atom is 0.348 e. The summed E-state index contributed by atoms with van der Waals surface area (Å²) >= 11 is 7.58. The summed E-state index contributed by atoms with van der Waals surface area (Å²) in [5, 5.41) is 11.6. The summed E-state index contributed by atoms with van der Waals surface area (Å²) in [5.41, 5.74) is 6.06. The Bertz CT molecular complexity index is 3770. The maximum atomic E-state index is 12.4. The summed E-state index contributed by atoms with van der Waals surface area (Å²) in [6.45, 7) is 20.5. The van der Waals surface area contributed by atoms with Gasteiger partial charge in [0.15, 0.2) is 16.9 Å². The highest BCUT2D eigenvalue weighted by Gasteiger charge is 2.26. The van der Waals surface area contributed by atoms with E-state index in [1.165, 1.54) is 17.7 Å². The van der Waals surface area contributed by atoms with Crippen LogP contribution in [0.5, 0.6) is 0 Å². The second-order valence-electron chi connectivity index (χ2n) is 22.0. The molecule has 0 aromatic heterocycles. The molecule has 0 fully saturated rings. The van der Waals surface area contributed by atoms with Crippen molar-refractivity contribution in [2.75, 3.05) is 56.2 Å². The van der Waals surface area contributed by atoms with Crippen LogP contribution in [-0.2, 0) is 46.6 Å². The number of thiol groups is 2. The van der Waals surface area contributed by atoms with Crippen LogP contribution in [0, 0.1) is 41.5 Å². The minimum Gasteiger partial charge on any atom is -0.796 e. The van der Waals surface area contributed by atoms with Gasteiger partial charge in [-0.3, -0.25) is 28.8 Å². The maximum absolute atomic E-state index is 12.4. The smallest absolute Gasteiger partial charge is 0.348 e. The molecule has 106 heavy (non-hydrogen) atoms. The van der Waals surface area contributed by atoms with Crippen LogP contribution >= 0.6 is 70.8 Å². The fourth-order valence-electron chi connectivity index (χ4n) is 8.71. The van der Waals surface area contributed by atoms with Crippen LogP contribution in [0.3, 0.4) is 0 Å². The van der Waals surface area contributed by atoms with Gasteiger partial charge in [-0.15, -0.1) is 6.58 Å². The third-order valence-corrected chi connectivity index (χ3v) is 22.6. The number of aldehydes is 1. The van der Waals surface area contributed by atoms with Crippen molar-refractivity contribution < 1.29 is 85.5 Å². The van der Waals surface area contributed by atoms with Crippen LogP contribution in [0.25, 0.3) is 0 Å². The van der Waals surface area contributed by atoms with E-state index in [4.69, 9.17) is 0 Å². The Hall–Kier alpha value is -7.70. The number of benzene rings is 8. The average Bonchev–Trinajstić information content (AvgIpc) is 0.784. The largest absolute Gasteiger partial charge is 0.796 e. The number of amides is 4. The van der Waals surface area contributed by atoms with Crippen LogP contribution in [0.1, 0.15) is 87.2 Å². The molecular formula is C76H96N4O18P6S2-4. The highest BCUT2D eigenvalue weighted by atomic mass is 32.1. The van der Waals surface area contributed by atoms with Gasteiger partial charge in [0, 0.05) is 64.7 Å². The standard InChI is InChI=1S/C16H17O3P.3C10H14NO3P.C10H12O.2C6H5O2P.C4H7NO.2C2H6S/c1-11-9-12(2)15(13(3)10-11)16(17)20(18,19)14-7-5-4-6-8-14;3*12-9-11-7-4-8-15(13,14)10-5-2-1-3-6-10;1-7-4-8(2)10(6-11)9(3)5-7;2*7-9(8)6-4-2-1-3-5-6;1-2-3-5-4-6;2*1-2-3/h4-10H,1-3H3,(H,18,19);3*1-3,5-6,9H,4,7-8H2,(H,11,12)(H,13,14);4-6H,1-3H3;2*1-5H;2,4H,1,3H2,(H,5,6);2*3H,2H2,1H3/p-4. The van der Waals surface area contributed by atoms with Gasteiger partial charge in [0.05, 0.1) is 0 Å². The highest BCUT2D eigenvalue weighted by Crippen LogP contribution is 2.41. The van der Waals surface area contributed by atoms with Crippen molar-refractivity contribution in [3.63, 3.8) is 0 Å². The molecule has 22 nitrogen and oxygen atoms in total. The molecule has 0 aliphatic heterocycles. The summed E-state index contributed by atoms with van der Waals surface area (Å²) in [6.07, 6.45) is 6.44. The SMILES string of the molecule is C=CCNC=O.CCS.CCS.Cc1cc(C)c(C(=O)P(=O)([O-])c2ccccc2)c(C)c1.Cc1cc(C)c(C=O)c(C)c1.O=CNCCCP(=O)([O-])c1ccccc1.O=CNCCCP(=O)([O-])c1ccccc1.O=CNCCCP(=O)([O-])c1ccccc1.O=[P+]([O-])c1ccccc1.O=[P+]([O-])c1ccccc1. The van der Waals surface area contributed by atoms with Gasteiger partial charge in [0.25, 0.3) is 0 Å². The molecule has 4 N–H and O–H groups in total. The lowest BCUT2D eigenvalue weighted by Crippen LogP contribution is -2.23. The lowest BCUT2D eigenvalue weighted by atomic mass is 10.0. The quantitative estimate of drug-likeness (QED) is 0.00932. The van der Waals surface area contributed by atoms with E-state index in [2.05, 4.69) is 53.1 Å². The number of hydrogen-bond donors (Lipinski definition) is 6. The number of hydrogen-bond acceptors (Lipinski definition) is 20. The van der Waals surface area contributed by atoms with Crippen LogP contribution in [0.15, 0.2) is 219 Å². The summed E-state index contributed by atoms with van der Waals surface area (Å²) in [5.74, 6) is 1.89. The fourth-order valence-corrected chi connectivity index (χ4v) is 15.4. The van der Waals surface area contributed by atoms with E-state index in [-0.39, 0.29) is 29.4 Å². The van der Waals surface area contributed by atoms with Crippen LogP contribution in [0.2, 0.25) is 0 Å². The number of carbonyl (C=O) groups excluding carboxylic acids is 6. The van der Waals surface area contributed by atoms with Gasteiger partial charge in [-0.05, 0) is 153 Å². The molecule has 8 aromatic carbocycles. The minimum atomic E-state index is -4.32. The summed E-state index contributed by atoms with van der Waals surface area (Å²) in [6, 6.07) is 57.1. The molecule has 0 saturated heterocycles. The van der Waals surface area contributed by atoms with Crippen molar-refractivity contribution in [2.24, 2.45) is 0 Å². The average molecular weight is 1600 g/mol. The molecule has 0 radical (unpaired) electrons. The predicted molar refractivity (Wildman–Crippen MR) is 427 cm³/mol. The Labute approximate surface area is 637 Å². The topological polar surface area (TPSA) is 391 Å². The first-order valence-corrected chi connectivity index (χ1v) is 43.5. The number of aryl methyl sites for hydroxylation is 6. The van der Waals surface area contributed by atoms with Crippen LogP contribution in [0.4, 0.5) is 0 Å². The molecule has 0 spiro atoms. The van der Waals surface area contributed by atoms with E-state index in [1.54, 1.807) is 190 Å². The first-order valence-electron chi connectivity index (χ1n) is 32.8. The molecule has 8 aromatic rings. The predicted octanol–water partition coefficient (Wildman–Crippen LogP) is 8.02. The van der Waals surface area contributed by atoms with Gasteiger partial charge in [-0.25, -0.2) is 0 Å². The lowest BCUT2D eigenvalue weighted by molar-refractivity contribution is -0.172. The summed E-state index contributed by atoms with van der Waals surface area (Å²) in [7, 11) is -19.6. The molecule has 4 amide bonds. The Morgan fingerprint density at radius 1 is 0.425 bits per heavy atom. The number of nitrogens with one attached hydrogen (secondary N) is 4. The van der Waals surface area contributed by atoms with Crippen molar-refractivity contribution in [1.29, 1.82) is 0 Å². The molecule has 574 valence electrons. The number of rotatable bonds is 27. The Kier molecular flexibility index (Phi) is 56.2. The first-order chi connectivity index (χ1) is 50.3. The van der Waals surface area contributed by atoms with E-state index in [9.17, 15) is 85.5 Å². The molecule has 6 unspecified atom stereocenters. The molecule has 30 heteroatoms. The first kappa shape index (κ1) is 100. The van der Waals surface area contributed by atoms with Gasteiger partial charge >= 0.3 is 16.1 Å². The second-order valence-corrected chi connectivity index (χ2v) is 34.3. The van der Waals surface area contributed by atoms with Gasteiger partial charge in [0.2, 0.25) is 31.2 Å². The molecule has 8 rings (SSSR count). The van der Waals surface area contributed by atoms with Crippen molar-refractivity contribution in [2.45, 2.75) is 74.7 Å². The van der Waals surface area contributed by atoms with E-state index in [0.717, 1.165) is 40.0 Å². The minimum absolute atomic E-state index is 0.0596. The van der Waals surface area contributed by atoms with E-state index in [1.807, 2.05) is 65.8 Å². The fraction of sp³-hybridized carbons (Fsp3) is 0.263. The van der Waals surface area contributed by atoms with Gasteiger partial charge in [0.1, 0.15) is 7.37 Å². The number of carbonyl (C=O) groups is 6. The highest BCUT2D eigenvalue weighted by molar-refractivity contribution is 7.81. The molecule has 0 saturated carbocycles. The molecular weight excluding hydrogens is 1510 g/mol. The van der Waals surface area contributed by atoms with E-state index in [0.29, 0.717) is 109 Å². The van der Waals surface area contributed by atoms with E-state index >= 15 is 0 Å². The van der Waals surface area contributed by atoms with Gasteiger partial charge < -0.3 is 68.9 Å². The third kappa shape index (κ3) is 44.4. The molecule has 0 heterocycles. The zero-order valence-corrected chi connectivity index (χ0v) is 67.9. The zero-order chi connectivity index (χ0) is 80.4. The van der Waals surface area contributed by atoms with E-state index < -0.39 is 51.1 Å². The molecule has 0 bridgehead atoms. The Morgan fingerprint density at radius 2 is 0.670 bits per heavy atom. The van der Waals surface area contributed by atoms with Crippen LogP contribution < -0.4 is 82.5 Å². The molecule has 6 atom stereocenters. The lowest BCUT2D eigenvalue weighted by Gasteiger charge is -2.24. The molecule has 0 aliphatic carbocycles. The van der Waals surface area contributed by atoms with Crippen LogP contribution in [-0.4, -0.2) is 93.6 Å². The van der Waals surface area contributed by atoms with Gasteiger partial charge in [-0.1, -0.05) is 222 Å². The molecule has 0 aliphatic rings. The van der Waals surface area contributed by atoms with Crippen molar-refractivity contribution in [1.82, 2.24) is 21.3 Å². The van der Waals surface area contributed by atoms with Crippen molar-refractivity contribution in [3.8, 4) is 0 Å². The second kappa shape index (κ2) is 59.4. The van der Waals surface area contributed by atoms with Gasteiger partial charge in [-0.2, -0.15) is 25.3 Å². The summed E-state index contributed by atoms with van der Waals surface area (Å²) < 4.78 is 68.0. The summed E-state index contributed by atoms with van der Waals surface area (Å²) in [4.78, 5) is 130. The Balaban J connectivity index is 0. The zero-order valence-electron chi connectivity index (χ0n) is 60.7. The normalized spacial score (nSPS) is 12.2. The monoisotopic (exact) mass is 1600 g/mol. The Morgan fingerprint density at radius 3 is 0.887 bits per heavy atom. The van der Waals surface area contributed by atoms with Crippen molar-refractivity contribution in [3.05, 3.63) is 263 Å².